The van der Waals surface area contributed by atoms with E-state index in [4.69, 9.17) is 27.9 Å². The number of amides is 1. The first-order valence-electron chi connectivity index (χ1n) is 10.3. The summed E-state index contributed by atoms with van der Waals surface area (Å²) in [5, 5.41) is 17.8. The highest BCUT2D eigenvalue weighted by molar-refractivity contribution is 6.31. The largest absolute Gasteiger partial charge is 0.377 e. The van der Waals surface area contributed by atoms with Gasteiger partial charge in [0.25, 0.3) is 5.91 Å². The average molecular weight is 484 g/mol. The lowest BCUT2D eigenvalue weighted by atomic mass is 10.0. The number of carbonyl (C=O) groups is 1. The Kier molecular flexibility index (Phi) is 6.08. The van der Waals surface area contributed by atoms with Crippen molar-refractivity contribution in [2.75, 3.05) is 19.8 Å². The number of hydrogen-bond donors (Lipinski definition) is 0. The fourth-order valence-corrected chi connectivity index (χ4v) is 4.24. The van der Waals surface area contributed by atoms with Gasteiger partial charge in [0.2, 0.25) is 0 Å². The molecule has 1 saturated heterocycles. The van der Waals surface area contributed by atoms with E-state index in [-0.39, 0.29) is 11.9 Å². The first-order valence-corrected chi connectivity index (χ1v) is 11.1. The highest BCUT2D eigenvalue weighted by Gasteiger charge is 2.30. The zero-order valence-corrected chi connectivity index (χ0v) is 18.9. The van der Waals surface area contributed by atoms with Crippen LogP contribution < -0.4 is 0 Å². The molecular formula is C22H19Cl2N7O2. The molecular weight excluding hydrogens is 465 g/mol. The van der Waals surface area contributed by atoms with Crippen molar-refractivity contribution in [3.05, 3.63) is 82.4 Å². The van der Waals surface area contributed by atoms with Gasteiger partial charge >= 0.3 is 0 Å². The van der Waals surface area contributed by atoms with Crippen molar-refractivity contribution in [3.63, 3.8) is 0 Å². The number of benzene rings is 2. The van der Waals surface area contributed by atoms with Crippen LogP contribution >= 0.6 is 23.2 Å². The predicted octanol–water partition coefficient (Wildman–Crippen LogP) is 3.24. The number of carbonyl (C=O) groups excluding carboxylic acids is 1. The molecule has 0 aliphatic carbocycles. The Morgan fingerprint density at radius 3 is 2.45 bits per heavy atom. The molecule has 33 heavy (non-hydrogen) atoms. The molecule has 0 unspecified atom stereocenters. The second kappa shape index (κ2) is 9.30. The van der Waals surface area contributed by atoms with Crippen LogP contribution in [0.25, 0.3) is 11.4 Å². The van der Waals surface area contributed by atoms with Gasteiger partial charge in [0.15, 0.2) is 0 Å². The number of ether oxygens (including phenoxy) is 1. The number of halogens is 2. The van der Waals surface area contributed by atoms with Gasteiger partial charge in [-0.3, -0.25) is 4.79 Å². The van der Waals surface area contributed by atoms with E-state index in [2.05, 4.69) is 20.4 Å². The lowest BCUT2D eigenvalue weighted by Crippen LogP contribution is -2.50. The highest BCUT2D eigenvalue weighted by atomic mass is 35.5. The fourth-order valence-electron chi connectivity index (χ4n) is 3.88. The molecule has 2 aromatic heterocycles. The normalized spacial score (nSPS) is 16.2. The molecule has 1 aliphatic rings. The topological polar surface area (TPSA) is 91.0 Å². The molecule has 3 heterocycles. The van der Waals surface area contributed by atoms with Gasteiger partial charge in [-0.1, -0.05) is 23.2 Å². The van der Waals surface area contributed by atoms with Crippen LogP contribution in [0.15, 0.2) is 61.2 Å². The van der Waals surface area contributed by atoms with Gasteiger partial charge in [-0.15, -0.1) is 0 Å². The number of morpholine rings is 1. The maximum Gasteiger partial charge on any atom is 0.256 e. The van der Waals surface area contributed by atoms with Crippen LogP contribution in [0.1, 0.15) is 15.9 Å². The predicted molar refractivity (Wildman–Crippen MR) is 122 cm³/mol. The summed E-state index contributed by atoms with van der Waals surface area (Å²) in [4.78, 5) is 18.4. The van der Waals surface area contributed by atoms with Crippen molar-refractivity contribution in [1.29, 1.82) is 0 Å². The summed E-state index contributed by atoms with van der Waals surface area (Å²) in [5.41, 5.74) is 2.65. The third-order valence-corrected chi connectivity index (χ3v) is 6.05. The Labute approximate surface area is 199 Å². The molecule has 4 aromatic rings. The van der Waals surface area contributed by atoms with E-state index in [1.54, 1.807) is 43.0 Å². The van der Waals surface area contributed by atoms with Crippen molar-refractivity contribution < 1.29 is 9.53 Å². The molecule has 1 amide bonds. The maximum atomic E-state index is 13.7. The minimum atomic E-state index is -0.210. The van der Waals surface area contributed by atoms with E-state index < -0.39 is 0 Å². The zero-order chi connectivity index (χ0) is 22.8. The van der Waals surface area contributed by atoms with Gasteiger partial charge in [-0.05, 0) is 48.4 Å². The molecule has 11 heteroatoms. The van der Waals surface area contributed by atoms with Crippen LogP contribution in [0.5, 0.6) is 0 Å². The summed E-state index contributed by atoms with van der Waals surface area (Å²) < 4.78 is 5.72. The summed E-state index contributed by atoms with van der Waals surface area (Å²) >= 11 is 12.7. The van der Waals surface area contributed by atoms with E-state index in [0.29, 0.717) is 47.5 Å². The van der Waals surface area contributed by atoms with Crippen LogP contribution in [-0.4, -0.2) is 66.6 Å². The molecule has 168 valence electrons. The second-order valence-corrected chi connectivity index (χ2v) is 8.35. The van der Waals surface area contributed by atoms with Crippen LogP contribution in [0.4, 0.5) is 0 Å². The molecule has 0 N–H and O–H groups in total. The Balaban J connectivity index is 1.45. The van der Waals surface area contributed by atoms with E-state index in [9.17, 15) is 4.79 Å². The molecule has 2 aromatic carbocycles. The van der Waals surface area contributed by atoms with Gasteiger partial charge in [-0.2, -0.15) is 30.0 Å². The summed E-state index contributed by atoms with van der Waals surface area (Å²) in [5.74, 6) is -0.145. The first kappa shape index (κ1) is 21.6. The van der Waals surface area contributed by atoms with Crippen LogP contribution in [-0.2, 0) is 11.2 Å². The van der Waals surface area contributed by atoms with E-state index in [1.165, 1.54) is 9.59 Å². The minimum Gasteiger partial charge on any atom is -0.377 e. The van der Waals surface area contributed by atoms with Crippen molar-refractivity contribution >= 4 is 29.1 Å². The zero-order valence-electron chi connectivity index (χ0n) is 17.4. The van der Waals surface area contributed by atoms with Crippen molar-refractivity contribution in [1.82, 2.24) is 34.9 Å². The highest BCUT2D eigenvalue weighted by Crippen LogP contribution is 2.26. The van der Waals surface area contributed by atoms with Crippen LogP contribution in [0.3, 0.4) is 0 Å². The van der Waals surface area contributed by atoms with E-state index in [0.717, 1.165) is 11.3 Å². The van der Waals surface area contributed by atoms with E-state index >= 15 is 0 Å². The first-order chi connectivity index (χ1) is 16.1. The molecule has 0 saturated carbocycles. The lowest BCUT2D eigenvalue weighted by molar-refractivity contribution is -0.00164. The number of hydrogen-bond acceptors (Lipinski definition) is 6. The summed E-state index contributed by atoms with van der Waals surface area (Å²) in [7, 11) is 0. The molecule has 0 bridgehead atoms. The van der Waals surface area contributed by atoms with Crippen molar-refractivity contribution in [2.24, 2.45) is 0 Å². The smallest absolute Gasteiger partial charge is 0.256 e. The molecule has 9 nitrogen and oxygen atoms in total. The maximum absolute atomic E-state index is 13.7. The Hall–Kier alpha value is -3.27. The van der Waals surface area contributed by atoms with Crippen LogP contribution in [0.2, 0.25) is 10.0 Å². The Bertz CT molecular complexity index is 1260. The number of aromatic nitrogens is 6. The third kappa shape index (κ3) is 4.47. The molecule has 1 atom stereocenters. The average Bonchev–Trinajstić information content (AvgIpc) is 3.55. The monoisotopic (exact) mass is 483 g/mol. The van der Waals surface area contributed by atoms with Crippen molar-refractivity contribution in [3.8, 4) is 11.4 Å². The fraction of sp³-hybridized carbons (Fsp3) is 0.227. The van der Waals surface area contributed by atoms with Gasteiger partial charge in [0.05, 0.1) is 61.0 Å². The van der Waals surface area contributed by atoms with Gasteiger partial charge in [-0.25, -0.2) is 0 Å². The standard InChI is InChI=1S/C22H19Cl2N7O2/c23-16-1-3-19(21(13-16)31-27-7-8-28-31)22(32)29-9-10-33-14-18(29)12-15-11-17(2-4-20(15)24)30-25-5-6-26-30/h1-8,11,13,18H,9-10,12,14H2/t18-/m1/s1. The summed E-state index contributed by atoms with van der Waals surface area (Å²) in [6.07, 6.45) is 6.85. The molecule has 1 fully saturated rings. The van der Waals surface area contributed by atoms with Crippen molar-refractivity contribution in [2.45, 2.75) is 12.5 Å². The lowest BCUT2D eigenvalue weighted by Gasteiger charge is -2.36. The van der Waals surface area contributed by atoms with Gasteiger partial charge in [0, 0.05) is 16.6 Å². The van der Waals surface area contributed by atoms with Gasteiger partial charge < -0.3 is 9.64 Å². The molecule has 0 spiro atoms. The van der Waals surface area contributed by atoms with Gasteiger partial charge in [0.1, 0.15) is 0 Å². The summed E-state index contributed by atoms with van der Waals surface area (Å²) in [6.45, 7) is 1.31. The van der Waals surface area contributed by atoms with Crippen LogP contribution in [0, 0.1) is 0 Å². The molecule has 5 rings (SSSR count). The SMILES string of the molecule is O=C(c1ccc(Cl)cc1-n1nccn1)N1CCOC[C@H]1Cc1cc(-n2nccn2)ccc1Cl. The number of nitrogens with zero attached hydrogens (tertiary/aromatic N) is 7. The number of rotatable bonds is 5. The molecule has 0 radical (unpaired) electrons. The third-order valence-electron chi connectivity index (χ3n) is 5.45. The second-order valence-electron chi connectivity index (χ2n) is 7.51. The Morgan fingerprint density at radius 1 is 0.970 bits per heavy atom. The quantitative estimate of drug-likeness (QED) is 0.432. The minimum absolute atomic E-state index is 0.145. The summed E-state index contributed by atoms with van der Waals surface area (Å²) in [6, 6.07) is 10.5. The molecule has 1 aliphatic heterocycles. The van der Waals surface area contributed by atoms with E-state index in [1.807, 2.05) is 23.1 Å². The Morgan fingerprint density at radius 2 is 1.70 bits per heavy atom.